The lowest BCUT2D eigenvalue weighted by molar-refractivity contribution is -0.133. The van der Waals surface area contributed by atoms with E-state index in [0.717, 1.165) is 25.2 Å². The van der Waals surface area contributed by atoms with Gasteiger partial charge in [-0.15, -0.1) is 0 Å². The molecule has 6 heteroatoms. The summed E-state index contributed by atoms with van der Waals surface area (Å²) in [4.78, 5) is 15.6. The number of carbonyl (C=O) groups excluding carboxylic acids is 1. The highest BCUT2D eigenvalue weighted by Crippen LogP contribution is 2.41. The summed E-state index contributed by atoms with van der Waals surface area (Å²) >= 11 is 0. The van der Waals surface area contributed by atoms with Crippen LogP contribution in [0.25, 0.3) is 5.57 Å². The van der Waals surface area contributed by atoms with E-state index in [1.54, 1.807) is 32.6 Å². The number of methoxy groups -OCH3 is 2. The molecule has 28 heavy (non-hydrogen) atoms. The summed E-state index contributed by atoms with van der Waals surface area (Å²) in [5.74, 6) is 0.992. The molecule has 1 aromatic rings. The van der Waals surface area contributed by atoms with Crippen molar-refractivity contribution in [1.82, 2.24) is 4.90 Å². The lowest BCUT2D eigenvalue weighted by Gasteiger charge is -2.43. The van der Waals surface area contributed by atoms with E-state index in [2.05, 4.69) is 18.7 Å². The van der Waals surface area contributed by atoms with Crippen molar-refractivity contribution in [2.24, 2.45) is 11.8 Å². The molecule has 4 unspecified atom stereocenters. The minimum Gasteiger partial charge on any atom is -0.496 e. The number of nitrogens with zero attached hydrogens (tertiary/aromatic N) is 1. The van der Waals surface area contributed by atoms with Crippen molar-refractivity contribution >= 4 is 11.4 Å². The molecule has 1 aromatic carbocycles. The van der Waals surface area contributed by atoms with E-state index in [1.807, 2.05) is 6.07 Å². The Kier molecular flexibility index (Phi) is 6.62. The average Bonchev–Trinajstić information content (AvgIpc) is 2.73. The van der Waals surface area contributed by atoms with Gasteiger partial charge in [-0.1, -0.05) is 19.9 Å². The minimum absolute atomic E-state index is 0.0641. The SMILES string of the molecule is CCN(CC)CC1C(O)CCC2C(=O)C(c3ccc(OC)c(OC)c3)=COC21. The zero-order valence-corrected chi connectivity index (χ0v) is 17.2. The highest BCUT2D eigenvalue weighted by molar-refractivity contribution is 6.22. The molecule has 0 radical (unpaired) electrons. The number of hydrogen-bond donors (Lipinski definition) is 1. The van der Waals surface area contributed by atoms with Crippen molar-refractivity contribution in [3.8, 4) is 11.5 Å². The van der Waals surface area contributed by atoms with Gasteiger partial charge in [0.25, 0.3) is 0 Å². The number of ether oxygens (including phenoxy) is 3. The Bertz CT molecular complexity index is 728. The predicted octanol–water partition coefficient (Wildman–Crippen LogP) is 2.74. The van der Waals surface area contributed by atoms with Gasteiger partial charge in [-0.3, -0.25) is 4.79 Å². The van der Waals surface area contributed by atoms with E-state index in [-0.39, 0.29) is 23.7 Å². The predicted molar refractivity (Wildman–Crippen MR) is 107 cm³/mol. The monoisotopic (exact) mass is 389 g/mol. The molecule has 6 nitrogen and oxygen atoms in total. The van der Waals surface area contributed by atoms with E-state index in [4.69, 9.17) is 14.2 Å². The Balaban J connectivity index is 1.87. The van der Waals surface area contributed by atoms with Gasteiger partial charge in [0.1, 0.15) is 6.10 Å². The summed E-state index contributed by atoms with van der Waals surface area (Å²) < 4.78 is 16.7. The normalized spacial score (nSPS) is 27.1. The average molecular weight is 389 g/mol. The Hall–Kier alpha value is -2.05. The maximum Gasteiger partial charge on any atom is 0.173 e. The lowest BCUT2D eigenvalue weighted by atomic mass is 9.72. The maximum absolute atomic E-state index is 13.3. The smallest absolute Gasteiger partial charge is 0.173 e. The van der Waals surface area contributed by atoms with Crippen molar-refractivity contribution in [3.05, 3.63) is 30.0 Å². The molecule has 1 aliphatic heterocycles. The van der Waals surface area contributed by atoms with Crippen molar-refractivity contribution < 1.29 is 24.1 Å². The first-order valence-corrected chi connectivity index (χ1v) is 10.1. The summed E-state index contributed by atoms with van der Waals surface area (Å²) in [5, 5.41) is 10.6. The first-order valence-electron chi connectivity index (χ1n) is 10.1. The third-order valence-electron chi connectivity index (χ3n) is 6.09. The van der Waals surface area contributed by atoms with Gasteiger partial charge in [-0.25, -0.2) is 0 Å². The summed E-state index contributed by atoms with van der Waals surface area (Å²) in [6, 6.07) is 5.44. The van der Waals surface area contributed by atoms with Crippen LogP contribution in [0.15, 0.2) is 24.5 Å². The van der Waals surface area contributed by atoms with Crippen LogP contribution in [-0.4, -0.2) is 61.9 Å². The van der Waals surface area contributed by atoms with Crippen molar-refractivity contribution in [2.45, 2.75) is 38.9 Å². The van der Waals surface area contributed by atoms with Crippen LogP contribution in [0.1, 0.15) is 32.3 Å². The molecule has 1 fully saturated rings. The topological polar surface area (TPSA) is 68.2 Å². The zero-order chi connectivity index (χ0) is 20.3. The van der Waals surface area contributed by atoms with E-state index >= 15 is 0 Å². The van der Waals surface area contributed by atoms with Crippen molar-refractivity contribution in [2.75, 3.05) is 33.9 Å². The Morgan fingerprint density at radius 3 is 2.50 bits per heavy atom. The second kappa shape index (κ2) is 8.97. The van der Waals surface area contributed by atoms with Gasteiger partial charge in [0.15, 0.2) is 17.3 Å². The summed E-state index contributed by atoms with van der Waals surface area (Å²) in [5.41, 5.74) is 1.31. The van der Waals surface area contributed by atoms with Gasteiger partial charge < -0.3 is 24.2 Å². The van der Waals surface area contributed by atoms with Crippen molar-refractivity contribution in [1.29, 1.82) is 0 Å². The van der Waals surface area contributed by atoms with Crippen LogP contribution in [-0.2, 0) is 9.53 Å². The number of rotatable bonds is 7. The molecule has 1 saturated carbocycles. The van der Waals surface area contributed by atoms with Crippen LogP contribution < -0.4 is 9.47 Å². The highest BCUT2D eigenvalue weighted by atomic mass is 16.5. The Labute approximate surface area is 167 Å². The standard InChI is InChI=1S/C22H31NO5/c1-5-23(6-2)12-16-18(24)9-8-15-21(25)17(13-28-22(15)16)14-7-10-19(26-3)20(11-14)27-4/h7,10-11,13,15-16,18,22,24H,5-6,8-9,12H2,1-4H3. The van der Waals surface area contributed by atoms with Crippen LogP contribution >= 0.6 is 0 Å². The molecule has 0 saturated heterocycles. The molecule has 4 atom stereocenters. The van der Waals surface area contributed by atoms with Crippen LogP contribution in [0.4, 0.5) is 0 Å². The zero-order valence-electron chi connectivity index (χ0n) is 17.2. The first kappa shape index (κ1) is 20.7. The molecule has 0 aromatic heterocycles. The van der Waals surface area contributed by atoms with Gasteiger partial charge in [-0.2, -0.15) is 0 Å². The first-order chi connectivity index (χ1) is 13.5. The van der Waals surface area contributed by atoms with Gasteiger partial charge in [0.2, 0.25) is 0 Å². The van der Waals surface area contributed by atoms with E-state index in [1.165, 1.54) is 0 Å². The molecule has 3 rings (SSSR count). The number of carbonyl (C=O) groups is 1. The number of allylic oxidation sites excluding steroid dienone is 1. The maximum atomic E-state index is 13.3. The second-order valence-electron chi connectivity index (χ2n) is 7.47. The third kappa shape index (κ3) is 3.89. The van der Waals surface area contributed by atoms with Gasteiger partial charge in [0, 0.05) is 12.5 Å². The van der Waals surface area contributed by atoms with Gasteiger partial charge in [-0.05, 0) is 43.6 Å². The fourth-order valence-electron chi connectivity index (χ4n) is 4.35. The van der Waals surface area contributed by atoms with E-state index in [9.17, 15) is 9.90 Å². The number of aliphatic hydroxyl groups is 1. The van der Waals surface area contributed by atoms with E-state index in [0.29, 0.717) is 29.9 Å². The molecular formula is C22H31NO5. The molecule has 2 aliphatic rings. The van der Waals surface area contributed by atoms with E-state index < -0.39 is 6.10 Å². The molecule has 0 amide bonds. The summed E-state index contributed by atoms with van der Waals surface area (Å²) in [6.07, 6.45) is 2.12. The Morgan fingerprint density at radius 1 is 1.14 bits per heavy atom. The van der Waals surface area contributed by atoms with Gasteiger partial charge >= 0.3 is 0 Å². The molecule has 0 bridgehead atoms. The quantitative estimate of drug-likeness (QED) is 0.773. The fourth-order valence-corrected chi connectivity index (χ4v) is 4.35. The lowest BCUT2D eigenvalue weighted by Crippen LogP contribution is -2.51. The Morgan fingerprint density at radius 2 is 1.86 bits per heavy atom. The number of Topliss-reactive ketones (excluding diaryl/α,β-unsaturated/α-hetero) is 1. The number of ketones is 1. The highest BCUT2D eigenvalue weighted by Gasteiger charge is 2.46. The molecule has 1 aliphatic carbocycles. The second-order valence-corrected chi connectivity index (χ2v) is 7.47. The summed E-state index contributed by atoms with van der Waals surface area (Å²) in [6.45, 7) is 6.79. The largest absolute Gasteiger partial charge is 0.496 e. The van der Waals surface area contributed by atoms with Gasteiger partial charge in [0.05, 0.1) is 38.1 Å². The van der Waals surface area contributed by atoms with Crippen LogP contribution in [0.2, 0.25) is 0 Å². The molecule has 154 valence electrons. The number of fused-ring (bicyclic) bond motifs is 1. The van der Waals surface area contributed by atoms with Crippen molar-refractivity contribution in [3.63, 3.8) is 0 Å². The minimum atomic E-state index is -0.439. The number of benzene rings is 1. The molecule has 1 heterocycles. The fraction of sp³-hybridized carbons (Fsp3) is 0.591. The van der Waals surface area contributed by atoms with Crippen LogP contribution in [0.5, 0.6) is 11.5 Å². The molecule has 1 N–H and O–H groups in total. The number of aliphatic hydroxyl groups excluding tert-OH is 1. The van der Waals surface area contributed by atoms with Crippen LogP contribution in [0.3, 0.4) is 0 Å². The molecule has 0 spiro atoms. The van der Waals surface area contributed by atoms with Crippen LogP contribution in [0, 0.1) is 11.8 Å². The summed E-state index contributed by atoms with van der Waals surface area (Å²) in [7, 11) is 3.16. The molecular weight excluding hydrogens is 358 g/mol. The number of hydrogen-bond acceptors (Lipinski definition) is 6. The third-order valence-corrected chi connectivity index (χ3v) is 6.09.